The Morgan fingerprint density at radius 1 is 1.06 bits per heavy atom. The van der Waals surface area contributed by atoms with Crippen molar-refractivity contribution < 1.29 is 37.0 Å². The van der Waals surface area contributed by atoms with Crippen LogP contribution in [0.25, 0.3) is 0 Å². The fraction of sp³-hybridized carbons (Fsp3) is 0.550. The van der Waals surface area contributed by atoms with Crippen molar-refractivity contribution in [1.82, 2.24) is 14.9 Å². The number of urea groups is 1. The maximum atomic E-state index is 13.0. The molecule has 1 aliphatic heterocycles. The molecule has 178 valence electrons. The quantitative estimate of drug-likeness (QED) is 0.400. The van der Waals surface area contributed by atoms with Gasteiger partial charge in [0.15, 0.2) is 6.61 Å². The van der Waals surface area contributed by atoms with Gasteiger partial charge in [-0.1, -0.05) is 12.8 Å². The number of amides is 3. The number of carbonyl (C=O) groups excluding carboxylic acids is 3. The van der Waals surface area contributed by atoms with Gasteiger partial charge in [-0.05, 0) is 31.0 Å². The minimum Gasteiger partial charge on any atom is -0.496 e. The van der Waals surface area contributed by atoms with Gasteiger partial charge in [0.05, 0.1) is 18.6 Å². The third-order valence-corrected chi connectivity index (χ3v) is 6.67. The lowest BCUT2D eigenvalue weighted by Crippen LogP contribution is -2.42. The van der Waals surface area contributed by atoms with Crippen molar-refractivity contribution in [3.8, 4) is 5.75 Å². The second-order valence-electron chi connectivity index (χ2n) is 7.05. The van der Waals surface area contributed by atoms with Crippen LogP contribution in [-0.2, 0) is 24.3 Å². The normalized spacial score (nSPS) is 14.8. The zero-order chi connectivity index (χ0) is 23.6. The summed E-state index contributed by atoms with van der Waals surface area (Å²) in [6, 6.07) is 3.15. The van der Waals surface area contributed by atoms with Crippen molar-refractivity contribution >= 4 is 27.9 Å². The van der Waals surface area contributed by atoms with Gasteiger partial charge in [0.1, 0.15) is 11.3 Å². The molecule has 2 N–H and O–H groups in total. The van der Waals surface area contributed by atoms with Crippen LogP contribution in [0, 0.1) is 0 Å². The summed E-state index contributed by atoms with van der Waals surface area (Å²) in [6.45, 7) is 0.572. The zero-order valence-electron chi connectivity index (χ0n) is 18.2. The molecule has 0 aliphatic carbocycles. The van der Waals surface area contributed by atoms with Crippen LogP contribution in [0.1, 0.15) is 36.0 Å². The van der Waals surface area contributed by atoms with E-state index in [4.69, 9.17) is 14.2 Å². The van der Waals surface area contributed by atoms with E-state index in [0.29, 0.717) is 13.1 Å². The van der Waals surface area contributed by atoms with E-state index in [1.807, 2.05) is 5.32 Å². The van der Waals surface area contributed by atoms with Crippen molar-refractivity contribution in [3.63, 3.8) is 0 Å². The summed E-state index contributed by atoms with van der Waals surface area (Å²) in [4.78, 5) is 35.8. The average Bonchev–Trinajstić information content (AvgIpc) is 3.07. The Balaban J connectivity index is 2.07. The first-order chi connectivity index (χ1) is 15.3. The first-order valence-electron chi connectivity index (χ1n) is 10.2. The predicted molar refractivity (Wildman–Crippen MR) is 114 cm³/mol. The molecule has 0 saturated carbocycles. The van der Waals surface area contributed by atoms with Gasteiger partial charge >= 0.3 is 12.0 Å². The minimum absolute atomic E-state index is 0.0610. The summed E-state index contributed by atoms with van der Waals surface area (Å²) in [6.07, 6.45) is 3.49. The molecule has 11 nitrogen and oxygen atoms in total. The van der Waals surface area contributed by atoms with Gasteiger partial charge in [0, 0.05) is 26.7 Å². The Labute approximate surface area is 187 Å². The van der Waals surface area contributed by atoms with Crippen LogP contribution in [-0.4, -0.2) is 77.7 Å². The molecule has 1 heterocycles. The monoisotopic (exact) mass is 471 g/mol. The molecule has 1 aliphatic rings. The first-order valence-corrected chi connectivity index (χ1v) is 11.7. The molecule has 12 heteroatoms. The number of nitrogens with one attached hydrogen (secondary N) is 2. The smallest absolute Gasteiger partial charge is 0.342 e. The summed E-state index contributed by atoms with van der Waals surface area (Å²) in [7, 11) is -1.01. The molecule has 0 atom stereocenters. The van der Waals surface area contributed by atoms with E-state index in [-0.39, 0.29) is 29.4 Å². The summed E-state index contributed by atoms with van der Waals surface area (Å²) in [5.74, 6) is -1.70. The van der Waals surface area contributed by atoms with Crippen LogP contribution in [0.4, 0.5) is 4.79 Å². The van der Waals surface area contributed by atoms with Gasteiger partial charge in [0.2, 0.25) is 10.0 Å². The Hall–Kier alpha value is -2.70. The number of methoxy groups -OCH3 is 2. The number of esters is 1. The number of hydrogen-bond donors (Lipinski definition) is 2. The number of sulfonamides is 1. The molecule has 0 bridgehead atoms. The molecule has 32 heavy (non-hydrogen) atoms. The molecule has 1 fully saturated rings. The molecule has 0 unspecified atom stereocenters. The number of hydrogen-bond acceptors (Lipinski definition) is 8. The molecule has 2 rings (SSSR count). The number of rotatable bonds is 9. The molecular weight excluding hydrogens is 442 g/mol. The number of nitrogens with zero attached hydrogens (tertiary/aromatic N) is 1. The largest absolute Gasteiger partial charge is 0.496 e. The second-order valence-corrected chi connectivity index (χ2v) is 8.99. The predicted octanol–water partition coefficient (Wildman–Crippen LogP) is 0.889. The van der Waals surface area contributed by atoms with E-state index < -0.39 is 34.5 Å². The Morgan fingerprint density at radius 3 is 2.38 bits per heavy atom. The lowest BCUT2D eigenvalue weighted by Gasteiger charge is -2.20. The van der Waals surface area contributed by atoms with E-state index >= 15 is 0 Å². The topological polar surface area (TPSA) is 140 Å². The highest BCUT2D eigenvalue weighted by molar-refractivity contribution is 7.89. The SMILES string of the molecule is COCCNC(=O)NC(=O)COC(=O)c1cc(S(=O)(=O)N2CCCCCC2)ccc1OC. The lowest BCUT2D eigenvalue weighted by molar-refractivity contribution is -0.123. The second kappa shape index (κ2) is 12.4. The molecule has 3 amide bonds. The summed E-state index contributed by atoms with van der Waals surface area (Å²) >= 11 is 0. The number of benzene rings is 1. The highest BCUT2D eigenvalue weighted by Gasteiger charge is 2.27. The van der Waals surface area contributed by atoms with Crippen LogP contribution in [0.2, 0.25) is 0 Å². The van der Waals surface area contributed by atoms with Gasteiger partial charge in [-0.3, -0.25) is 10.1 Å². The van der Waals surface area contributed by atoms with E-state index in [1.54, 1.807) is 0 Å². The van der Waals surface area contributed by atoms with Crippen LogP contribution in [0.3, 0.4) is 0 Å². The third kappa shape index (κ3) is 7.18. The minimum atomic E-state index is -3.80. The molecular formula is C20H29N3O8S. The van der Waals surface area contributed by atoms with Gasteiger partial charge in [-0.2, -0.15) is 4.31 Å². The molecule has 0 aromatic heterocycles. The maximum Gasteiger partial charge on any atom is 0.342 e. The Morgan fingerprint density at radius 2 is 1.75 bits per heavy atom. The van der Waals surface area contributed by atoms with E-state index in [0.717, 1.165) is 25.7 Å². The Bertz CT molecular complexity index is 911. The number of ether oxygens (including phenoxy) is 3. The van der Waals surface area contributed by atoms with Crippen molar-refractivity contribution in [2.75, 3.05) is 47.1 Å². The number of imide groups is 1. The fourth-order valence-electron chi connectivity index (χ4n) is 3.12. The van der Waals surface area contributed by atoms with Crippen molar-refractivity contribution in [2.45, 2.75) is 30.6 Å². The van der Waals surface area contributed by atoms with Crippen molar-refractivity contribution in [3.05, 3.63) is 23.8 Å². The van der Waals surface area contributed by atoms with E-state index in [9.17, 15) is 22.8 Å². The van der Waals surface area contributed by atoms with E-state index in [2.05, 4.69) is 5.32 Å². The standard InChI is InChI=1S/C20H29N3O8S/c1-29-12-9-21-20(26)22-18(24)14-31-19(25)16-13-15(7-8-17(16)30-2)32(27,28)23-10-5-3-4-6-11-23/h7-8,13H,3-6,9-12,14H2,1-2H3,(H2,21,22,24,26). The average molecular weight is 472 g/mol. The molecule has 1 aromatic carbocycles. The highest BCUT2D eigenvalue weighted by atomic mass is 32.2. The van der Waals surface area contributed by atoms with E-state index in [1.165, 1.54) is 36.7 Å². The zero-order valence-corrected chi connectivity index (χ0v) is 19.0. The van der Waals surface area contributed by atoms with Gasteiger partial charge in [0.25, 0.3) is 5.91 Å². The third-order valence-electron chi connectivity index (χ3n) is 4.77. The molecule has 1 aromatic rings. The lowest BCUT2D eigenvalue weighted by atomic mass is 10.2. The van der Waals surface area contributed by atoms with Gasteiger partial charge < -0.3 is 19.5 Å². The molecule has 0 spiro atoms. The summed E-state index contributed by atoms with van der Waals surface area (Å²) in [5.41, 5.74) is -0.138. The summed E-state index contributed by atoms with van der Waals surface area (Å²) in [5, 5.41) is 4.39. The molecule has 0 radical (unpaired) electrons. The Kier molecular flexibility index (Phi) is 9.88. The summed E-state index contributed by atoms with van der Waals surface area (Å²) < 4.78 is 42.3. The van der Waals surface area contributed by atoms with Crippen LogP contribution < -0.4 is 15.4 Å². The first kappa shape index (κ1) is 25.6. The highest BCUT2D eigenvalue weighted by Crippen LogP contribution is 2.26. The van der Waals surface area contributed by atoms with Crippen LogP contribution in [0.15, 0.2) is 23.1 Å². The fourth-order valence-corrected chi connectivity index (χ4v) is 4.66. The van der Waals surface area contributed by atoms with Crippen LogP contribution >= 0.6 is 0 Å². The van der Waals surface area contributed by atoms with Crippen LogP contribution in [0.5, 0.6) is 5.75 Å². The maximum absolute atomic E-state index is 13.0. The van der Waals surface area contributed by atoms with Gasteiger partial charge in [-0.15, -0.1) is 0 Å². The van der Waals surface area contributed by atoms with Crippen molar-refractivity contribution in [2.24, 2.45) is 0 Å². The van der Waals surface area contributed by atoms with Crippen molar-refractivity contribution in [1.29, 1.82) is 0 Å². The molecule has 1 saturated heterocycles. The van der Waals surface area contributed by atoms with Gasteiger partial charge in [-0.25, -0.2) is 18.0 Å². The number of carbonyl (C=O) groups is 3.